The molecule has 2 heterocycles. The van der Waals surface area contributed by atoms with E-state index < -0.39 is 36.0 Å². The van der Waals surface area contributed by atoms with Crippen molar-refractivity contribution in [1.82, 2.24) is 10.2 Å². The van der Waals surface area contributed by atoms with Gasteiger partial charge in [-0.2, -0.15) is 32.1 Å². The van der Waals surface area contributed by atoms with E-state index in [9.17, 15) is 35.9 Å². The van der Waals surface area contributed by atoms with Gasteiger partial charge in [-0.25, -0.2) is 4.39 Å². The van der Waals surface area contributed by atoms with Crippen molar-refractivity contribution in [1.29, 1.82) is 0 Å². The van der Waals surface area contributed by atoms with Crippen molar-refractivity contribution >= 4 is 23.2 Å². The minimum absolute atomic E-state index is 0.0515. The number of amides is 2. The van der Waals surface area contributed by atoms with Crippen LogP contribution in [-0.2, 0) is 24.1 Å². The second kappa shape index (κ2) is 12.3. The molecule has 0 aromatic heterocycles. The van der Waals surface area contributed by atoms with Gasteiger partial charge in [0, 0.05) is 37.8 Å². The molecule has 0 unspecified atom stereocenters. The standard InChI is InChI=1S/C30H24F6N4O4/c1-43-25-9-4-18(12-26(25)44-29(32)33)14-37-27(41)19-5-2-17(3-6-19)15-39-11-10-24-21(16-39)28(42)40(38-24)20-7-8-23(31)22(13-20)30(34,35)36/h2-9,12-13,16,29H,10-11,14-15H2,1H3,(H,37,41). The molecule has 14 heteroatoms. The highest BCUT2D eigenvalue weighted by molar-refractivity contribution is 6.30. The number of ether oxygens (including phenoxy) is 2. The Hall–Kier alpha value is -5.01. The molecule has 8 nitrogen and oxygen atoms in total. The summed E-state index contributed by atoms with van der Waals surface area (Å²) in [6.07, 6.45) is -2.99. The van der Waals surface area contributed by atoms with Crippen LogP contribution in [0.2, 0.25) is 0 Å². The largest absolute Gasteiger partial charge is 0.493 e. The Morgan fingerprint density at radius 3 is 2.43 bits per heavy atom. The summed E-state index contributed by atoms with van der Waals surface area (Å²) in [5.74, 6) is -2.48. The molecular weight excluding hydrogens is 594 g/mol. The smallest absolute Gasteiger partial charge is 0.419 e. The normalized spacial score (nSPS) is 14.8. The molecule has 0 atom stereocenters. The van der Waals surface area contributed by atoms with E-state index in [0.29, 0.717) is 48.5 Å². The van der Waals surface area contributed by atoms with Crippen LogP contribution in [0.1, 0.15) is 33.5 Å². The highest BCUT2D eigenvalue weighted by atomic mass is 19.4. The van der Waals surface area contributed by atoms with Crippen LogP contribution >= 0.6 is 0 Å². The summed E-state index contributed by atoms with van der Waals surface area (Å²) in [7, 11) is 1.32. The zero-order chi connectivity index (χ0) is 31.6. The Kier molecular flexibility index (Phi) is 8.52. The summed E-state index contributed by atoms with van der Waals surface area (Å²) in [5, 5.41) is 7.73. The average Bonchev–Trinajstić information content (AvgIpc) is 3.31. The first kappa shape index (κ1) is 30.4. The molecule has 0 aliphatic carbocycles. The van der Waals surface area contributed by atoms with E-state index in [1.807, 2.05) is 4.90 Å². The van der Waals surface area contributed by atoms with E-state index in [1.54, 1.807) is 36.5 Å². The third kappa shape index (κ3) is 6.63. The van der Waals surface area contributed by atoms with E-state index in [1.165, 1.54) is 19.2 Å². The summed E-state index contributed by atoms with van der Waals surface area (Å²) in [4.78, 5) is 27.5. The summed E-state index contributed by atoms with van der Waals surface area (Å²) in [6.45, 7) is -2.13. The van der Waals surface area contributed by atoms with Crippen molar-refractivity contribution in [3.8, 4) is 11.5 Å². The first-order valence-electron chi connectivity index (χ1n) is 13.2. The van der Waals surface area contributed by atoms with Gasteiger partial charge in [0.25, 0.3) is 11.8 Å². The fourth-order valence-electron chi connectivity index (χ4n) is 4.73. The lowest BCUT2D eigenvalue weighted by molar-refractivity contribution is -0.140. The molecule has 2 aliphatic rings. The van der Waals surface area contributed by atoms with E-state index in [4.69, 9.17) is 4.74 Å². The van der Waals surface area contributed by atoms with Crippen LogP contribution in [0.25, 0.3) is 0 Å². The van der Waals surface area contributed by atoms with E-state index in [2.05, 4.69) is 15.2 Å². The molecular formula is C30H24F6N4O4. The molecule has 2 amide bonds. The number of benzene rings is 3. The fourth-order valence-corrected chi connectivity index (χ4v) is 4.73. The lowest BCUT2D eigenvalue weighted by atomic mass is 10.0. The van der Waals surface area contributed by atoms with Crippen molar-refractivity contribution in [2.45, 2.75) is 32.3 Å². The SMILES string of the molecule is COc1ccc(CNC(=O)c2ccc(CN3C=C4C(=O)N(c5ccc(F)c(C(F)(F)F)c5)N=C4CC3)cc2)cc1OC(F)F. The number of hydrogen-bond acceptors (Lipinski definition) is 6. The van der Waals surface area contributed by atoms with Crippen LogP contribution in [-0.4, -0.2) is 42.7 Å². The fraction of sp³-hybridized carbons (Fsp3) is 0.233. The quantitative estimate of drug-likeness (QED) is 0.303. The Labute approximate surface area is 247 Å². The molecule has 0 radical (unpaired) electrons. The number of anilines is 1. The maximum atomic E-state index is 13.7. The van der Waals surface area contributed by atoms with Crippen molar-refractivity contribution in [3.05, 3.63) is 101 Å². The number of carbonyl (C=O) groups is 2. The highest BCUT2D eigenvalue weighted by Gasteiger charge is 2.38. The third-order valence-electron chi connectivity index (χ3n) is 6.90. The molecule has 5 rings (SSSR count). The molecule has 2 aliphatic heterocycles. The Bertz CT molecular complexity index is 1640. The Morgan fingerprint density at radius 1 is 1.02 bits per heavy atom. The van der Waals surface area contributed by atoms with Gasteiger partial charge in [0.2, 0.25) is 0 Å². The van der Waals surface area contributed by atoms with Crippen LogP contribution in [0, 0.1) is 5.82 Å². The number of nitrogens with zero attached hydrogens (tertiary/aromatic N) is 3. The number of halogens is 6. The van der Waals surface area contributed by atoms with E-state index in [0.717, 1.165) is 16.6 Å². The van der Waals surface area contributed by atoms with Gasteiger partial charge in [-0.1, -0.05) is 18.2 Å². The van der Waals surface area contributed by atoms with Crippen molar-refractivity contribution in [2.24, 2.45) is 5.10 Å². The summed E-state index contributed by atoms with van der Waals surface area (Å²) < 4.78 is 88.0. The lowest BCUT2D eigenvalue weighted by Gasteiger charge is -2.25. The van der Waals surface area contributed by atoms with Crippen molar-refractivity contribution in [2.75, 3.05) is 18.7 Å². The lowest BCUT2D eigenvalue weighted by Crippen LogP contribution is -2.29. The van der Waals surface area contributed by atoms with Gasteiger partial charge in [-0.05, 0) is 53.6 Å². The second-order valence-electron chi connectivity index (χ2n) is 9.83. The zero-order valence-corrected chi connectivity index (χ0v) is 23.0. The molecule has 44 heavy (non-hydrogen) atoms. The molecule has 0 fully saturated rings. The van der Waals surface area contributed by atoms with Crippen molar-refractivity contribution in [3.63, 3.8) is 0 Å². The molecule has 3 aromatic carbocycles. The van der Waals surface area contributed by atoms with Crippen molar-refractivity contribution < 1.29 is 45.4 Å². The molecule has 3 aromatic rings. The summed E-state index contributed by atoms with van der Waals surface area (Å²) >= 11 is 0. The van der Waals surface area contributed by atoms with Gasteiger partial charge in [-0.15, -0.1) is 0 Å². The first-order valence-corrected chi connectivity index (χ1v) is 13.2. The molecule has 0 spiro atoms. The molecule has 230 valence electrons. The molecule has 0 bridgehead atoms. The number of carbonyl (C=O) groups excluding carboxylic acids is 2. The van der Waals surface area contributed by atoms with E-state index in [-0.39, 0.29) is 29.3 Å². The Morgan fingerprint density at radius 2 is 1.75 bits per heavy atom. The predicted octanol–water partition coefficient (Wildman–Crippen LogP) is 5.88. The average molecular weight is 619 g/mol. The van der Waals surface area contributed by atoms with Crippen LogP contribution in [0.15, 0.2) is 77.5 Å². The molecule has 1 N–H and O–H groups in total. The summed E-state index contributed by atoms with van der Waals surface area (Å²) in [5.41, 5.74) is 0.662. The number of nitrogens with one attached hydrogen (secondary N) is 1. The number of hydrazone groups is 1. The maximum absolute atomic E-state index is 13.7. The molecule has 0 saturated carbocycles. The van der Waals surface area contributed by atoms with Gasteiger partial charge in [0.1, 0.15) is 5.82 Å². The van der Waals surface area contributed by atoms with Gasteiger partial charge in [0.15, 0.2) is 11.5 Å². The van der Waals surface area contributed by atoms with Gasteiger partial charge < -0.3 is 19.7 Å². The van der Waals surface area contributed by atoms with Gasteiger partial charge in [0.05, 0.1) is 29.6 Å². The number of alkyl halides is 5. The van der Waals surface area contributed by atoms with Crippen LogP contribution in [0.4, 0.5) is 32.0 Å². The van der Waals surface area contributed by atoms with Gasteiger partial charge >= 0.3 is 12.8 Å². The second-order valence-corrected chi connectivity index (χ2v) is 9.83. The minimum atomic E-state index is -4.93. The highest BCUT2D eigenvalue weighted by Crippen LogP contribution is 2.36. The Balaban J connectivity index is 1.20. The maximum Gasteiger partial charge on any atom is 0.419 e. The third-order valence-corrected chi connectivity index (χ3v) is 6.90. The number of fused-ring (bicyclic) bond motifs is 1. The van der Waals surface area contributed by atoms with Gasteiger partial charge in [-0.3, -0.25) is 9.59 Å². The molecule has 0 saturated heterocycles. The van der Waals surface area contributed by atoms with Crippen LogP contribution in [0.3, 0.4) is 0 Å². The van der Waals surface area contributed by atoms with Crippen LogP contribution < -0.4 is 19.8 Å². The summed E-state index contributed by atoms with van der Waals surface area (Å²) in [6, 6.07) is 13.4. The first-order chi connectivity index (χ1) is 20.9. The minimum Gasteiger partial charge on any atom is -0.493 e. The number of hydrogen-bond donors (Lipinski definition) is 1. The number of methoxy groups -OCH3 is 1. The monoisotopic (exact) mass is 618 g/mol. The number of rotatable bonds is 9. The van der Waals surface area contributed by atoms with Crippen LogP contribution in [0.5, 0.6) is 11.5 Å². The predicted molar refractivity (Wildman–Crippen MR) is 147 cm³/mol. The topological polar surface area (TPSA) is 83.5 Å². The zero-order valence-electron chi connectivity index (χ0n) is 23.0. The van der Waals surface area contributed by atoms with E-state index >= 15 is 0 Å².